The zero-order valence-corrected chi connectivity index (χ0v) is 25.1. The average Bonchev–Trinajstić information content (AvgIpc) is 3.70. The van der Waals surface area contributed by atoms with Gasteiger partial charge in [-0.25, -0.2) is 15.0 Å². The summed E-state index contributed by atoms with van der Waals surface area (Å²) in [5, 5.41) is 7.76. The fraction of sp³-hybridized carbons (Fsp3) is 0. The molecule has 6 aromatic carbocycles. The molecule has 10 aromatic rings. The van der Waals surface area contributed by atoms with Crippen LogP contribution in [0.2, 0.25) is 0 Å². The van der Waals surface area contributed by atoms with Gasteiger partial charge in [-0.1, -0.05) is 97.1 Å². The van der Waals surface area contributed by atoms with Gasteiger partial charge in [0, 0.05) is 49.1 Å². The zero-order valence-electron chi connectivity index (χ0n) is 24.3. The van der Waals surface area contributed by atoms with Crippen LogP contribution in [0.1, 0.15) is 0 Å². The summed E-state index contributed by atoms with van der Waals surface area (Å²) in [7, 11) is 0. The summed E-state index contributed by atoms with van der Waals surface area (Å²) in [6.07, 6.45) is 1.86. The number of benzene rings is 6. The smallest absolute Gasteiger partial charge is 0.164 e. The molecule has 0 aliphatic rings. The number of para-hydroxylation sites is 1. The second-order valence-electron chi connectivity index (χ2n) is 11.4. The van der Waals surface area contributed by atoms with Gasteiger partial charge in [-0.3, -0.25) is 4.98 Å². The Kier molecular flexibility index (Phi) is 5.38. The number of hydrogen-bond donors (Lipinski definition) is 0. The number of pyridine rings is 1. The van der Waals surface area contributed by atoms with Crippen LogP contribution >= 0.6 is 11.3 Å². The van der Waals surface area contributed by atoms with E-state index in [1.54, 1.807) is 11.3 Å². The Morgan fingerprint density at radius 2 is 1.24 bits per heavy atom. The fourth-order valence-corrected chi connectivity index (χ4v) is 7.83. The summed E-state index contributed by atoms with van der Waals surface area (Å²) in [6.45, 7) is 0. The topological polar surface area (TPSA) is 64.7 Å². The standard InChI is InChI=1S/C40H22N4OS/c1-2-9-24-22-25(18-17-23(24)8-1)38-42-39(44-40(43-38)30-13-6-15-33-35(30)29-10-3-4-14-32(29)45-33)28-12-5-11-27-26(28)19-20-31-36-34(46-37(27)31)16-7-21-41-36/h1-22H. The normalized spacial score (nSPS) is 11.9. The van der Waals surface area contributed by atoms with Gasteiger partial charge in [-0.05, 0) is 46.5 Å². The number of hydrogen-bond acceptors (Lipinski definition) is 6. The fourth-order valence-electron chi connectivity index (χ4n) is 6.64. The van der Waals surface area contributed by atoms with E-state index in [1.165, 1.54) is 14.8 Å². The van der Waals surface area contributed by atoms with Crippen molar-refractivity contribution in [3.8, 4) is 34.2 Å². The van der Waals surface area contributed by atoms with Crippen molar-refractivity contribution < 1.29 is 4.42 Å². The van der Waals surface area contributed by atoms with E-state index in [0.717, 1.165) is 65.7 Å². The van der Waals surface area contributed by atoms with Crippen LogP contribution in [0.15, 0.2) is 138 Å². The number of nitrogens with zero attached hydrogens (tertiary/aromatic N) is 4. The number of thiophene rings is 1. The molecule has 0 bridgehead atoms. The van der Waals surface area contributed by atoms with Crippen molar-refractivity contribution in [2.45, 2.75) is 0 Å². The predicted molar refractivity (Wildman–Crippen MR) is 189 cm³/mol. The van der Waals surface area contributed by atoms with E-state index in [2.05, 4.69) is 96.0 Å². The van der Waals surface area contributed by atoms with Gasteiger partial charge in [0.25, 0.3) is 0 Å². The maximum atomic E-state index is 6.24. The Balaban J connectivity index is 1.26. The number of furan rings is 1. The van der Waals surface area contributed by atoms with Crippen LogP contribution in [0.25, 0.3) is 97.9 Å². The third-order valence-electron chi connectivity index (χ3n) is 8.78. The average molecular weight is 607 g/mol. The number of rotatable bonds is 3. The Hall–Kier alpha value is -5.98. The first-order valence-electron chi connectivity index (χ1n) is 15.1. The maximum absolute atomic E-state index is 6.24. The first-order chi connectivity index (χ1) is 22.8. The molecule has 46 heavy (non-hydrogen) atoms. The maximum Gasteiger partial charge on any atom is 0.164 e. The molecule has 214 valence electrons. The molecule has 4 aromatic heterocycles. The van der Waals surface area contributed by atoms with E-state index >= 15 is 0 Å². The molecule has 0 saturated heterocycles. The predicted octanol–water partition coefficient (Wildman–Crippen LogP) is 10.8. The minimum absolute atomic E-state index is 0.606. The van der Waals surface area contributed by atoms with E-state index in [9.17, 15) is 0 Å². The van der Waals surface area contributed by atoms with Crippen molar-refractivity contribution in [1.82, 2.24) is 19.9 Å². The van der Waals surface area contributed by atoms with Crippen molar-refractivity contribution in [2.75, 3.05) is 0 Å². The second kappa shape index (κ2) is 9.76. The van der Waals surface area contributed by atoms with E-state index in [-0.39, 0.29) is 0 Å². The SMILES string of the molecule is c1ccc2cc(-c3nc(-c4cccc5c4ccc4c6ncccc6sc54)nc(-c4cccc5oc6ccccc6c45)n3)ccc2c1. The zero-order chi connectivity index (χ0) is 30.2. The van der Waals surface area contributed by atoms with Gasteiger partial charge in [-0.2, -0.15) is 0 Å². The third-order valence-corrected chi connectivity index (χ3v) is 9.97. The molecule has 0 aliphatic heterocycles. The Labute approximate surface area is 266 Å². The van der Waals surface area contributed by atoms with Crippen LogP contribution in [0.5, 0.6) is 0 Å². The summed E-state index contributed by atoms with van der Waals surface area (Å²) in [6, 6.07) is 43.8. The van der Waals surface area contributed by atoms with Gasteiger partial charge in [0.1, 0.15) is 11.2 Å². The summed E-state index contributed by atoms with van der Waals surface area (Å²) in [4.78, 5) is 20.2. The summed E-state index contributed by atoms with van der Waals surface area (Å²) >= 11 is 1.77. The van der Waals surface area contributed by atoms with Crippen molar-refractivity contribution >= 4 is 75.1 Å². The van der Waals surface area contributed by atoms with Crippen molar-refractivity contribution in [1.29, 1.82) is 0 Å². The van der Waals surface area contributed by atoms with Gasteiger partial charge >= 0.3 is 0 Å². The first-order valence-corrected chi connectivity index (χ1v) is 16.0. The highest BCUT2D eigenvalue weighted by Crippen LogP contribution is 2.41. The first kappa shape index (κ1) is 25.4. The molecule has 0 unspecified atom stereocenters. The van der Waals surface area contributed by atoms with Crippen LogP contribution < -0.4 is 0 Å². The summed E-state index contributed by atoms with van der Waals surface area (Å²) < 4.78 is 8.63. The molecule has 5 nitrogen and oxygen atoms in total. The Morgan fingerprint density at radius 1 is 0.500 bits per heavy atom. The highest BCUT2D eigenvalue weighted by molar-refractivity contribution is 7.26. The summed E-state index contributed by atoms with van der Waals surface area (Å²) in [5.74, 6) is 1.86. The van der Waals surface area contributed by atoms with Crippen LogP contribution in [-0.2, 0) is 0 Å². The second-order valence-corrected chi connectivity index (χ2v) is 12.5. The number of aromatic nitrogens is 4. The minimum Gasteiger partial charge on any atom is -0.456 e. The lowest BCUT2D eigenvalue weighted by atomic mass is 10.0. The van der Waals surface area contributed by atoms with Gasteiger partial charge in [0.05, 0.1) is 10.2 Å². The highest BCUT2D eigenvalue weighted by Gasteiger charge is 2.19. The monoisotopic (exact) mass is 606 g/mol. The Bertz CT molecular complexity index is 2830. The molecular formula is C40H22N4OS. The van der Waals surface area contributed by atoms with Crippen LogP contribution in [0.3, 0.4) is 0 Å². The molecular weight excluding hydrogens is 585 g/mol. The lowest BCUT2D eigenvalue weighted by Gasteiger charge is -2.11. The van der Waals surface area contributed by atoms with Crippen molar-refractivity contribution in [2.24, 2.45) is 0 Å². The molecule has 0 atom stereocenters. The van der Waals surface area contributed by atoms with Gasteiger partial charge < -0.3 is 4.42 Å². The molecule has 0 spiro atoms. The van der Waals surface area contributed by atoms with E-state index in [1.807, 2.05) is 42.6 Å². The molecule has 0 amide bonds. The molecule has 6 heteroatoms. The summed E-state index contributed by atoms with van der Waals surface area (Å²) in [5.41, 5.74) is 5.48. The van der Waals surface area contributed by atoms with Gasteiger partial charge in [0.15, 0.2) is 17.5 Å². The molecule has 0 fully saturated rings. The van der Waals surface area contributed by atoms with E-state index in [4.69, 9.17) is 19.4 Å². The minimum atomic E-state index is 0.606. The molecule has 0 saturated carbocycles. The Morgan fingerprint density at radius 3 is 2.20 bits per heavy atom. The largest absolute Gasteiger partial charge is 0.456 e. The molecule has 10 rings (SSSR count). The van der Waals surface area contributed by atoms with Crippen molar-refractivity contribution in [3.63, 3.8) is 0 Å². The lowest BCUT2D eigenvalue weighted by Crippen LogP contribution is -2.01. The molecule has 0 radical (unpaired) electrons. The lowest BCUT2D eigenvalue weighted by molar-refractivity contribution is 0.669. The molecule has 0 N–H and O–H groups in total. The van der Waals surface area contributed by atoms with E-state index < -0.39 is 0 Å². The van der Waals surface area contributed by atoms with E-state index in [0.29, 0.717) is 17.5 Å². The van der Waals surface area contributed by atoms with Crippen molar-refractivity contribution in [3.05, 3.63) is 134 Å². The van der Waals surface area contributed by atoms with Gasteiger partial charge in [-0.15, -0.1) is 11.3 Å². The van der Waals surface area contributed by atoms with Crippen LogP contribution in [0.4, 0.5) is 0 Å². The van der Waals surface area contributed by atoms with Crippen LogP contribution in [-0.4, -0.2) is 19.9 Å². The van der Waals surface area contributed by atoms with Gasteiger partial charge in [0.2, 0.25) is 0 Å². The third kappa shape index (κ3) is 3.81. The molecule has 4 heterocycles. The molecule has 0 aliphatic carbocycles. The quantitative estimate of drug-likeness (QED) is 0.200. The highest BCUT2D eigenvalue weighted by atomic mass is 32.1. The number of fused-ring (bicyclic) bond motifs is 9. The van der Waals surface area contributed by atoms with Crippen LogP contribution in [0, 0.1) is 0 Å².